The molecule has 2 aliphatic heterocycles. The molecule has 5 atom stereocenters. The maximum Gasteiger partial charge on any atom is 0.354 e. The van der Waals surface area contributed by atoms with Gasteiger partial charge >= 0.3 is 11.7 Å². The molecule has 3 fully saturated rings. The highest BCUT2D eigenvalue weighted by Crippen LogP contribution is 2.51. The molecular formula is C30H43N8O8S2-. The number of hydrogen-bond donors (Lipinski definition) is 4. The maximum absolute atomic E-state index is 12.9. The molecule has 0 bridgehead atoms. The van der Waals surface area contributed by atoms with E-state index >= 15 is 0 Å². The predicted molar refractivity (Wildman–Crippen MR) is 178 cm³/mol. The Bertz CT molecular complexity index is 1670. The lowest BCUT2D eigenvalue weighted by atomic mass is 10.0. The zero-order chi connectivity index (χ0) is 34.8. The third kappa shape index (κ3) is 9.04. The van der Waals surface area contributed by atoms with Gasteiger partial charge in [-0.25, -0.2) is 9.59 Å². The van der Waals surface area contributed by atoms with E-state index in [0.717, 1.165) is 31.6 Å². The van der Waals surface area contributed by atoms with Crippen molar-refractivity contribution in [1.82, 2.24) is 34.9 Å². The minimum atomic E-state index is -4.29. The molecule has 0 spiro atoms. The molecule has 3 heterocycles. The van der Waals surface area contributed by atoms with Gasteiger partial charge < -0.3 is 19.7 Å². The maximum atomic E-state index is 12.9. The highest BCUT2D eigenvalue weighted by Gasteiger charge is 2.55. The minimum Gasteiger partial charge on any atom is -0.771 e. The zero-order valence-corrected chi connectivity index (χ0v) is 28.8. The molecule has 2 saturated heterocycles. The lowest BCUT2D eigenvalue weighted by Gasteiger charge is -2.38. The van der Waals surface area contributed by atoms with Gasteiger partial charge in [0.25, 0.3) is 10.1 Å². The number of aromatic nitrogens is 2. The van der Waals surface area contributed by atoms with Gasteiger partial charge in [-0.05, 0) is 86.3 Å². The van der Waals surface area contributed by atoms with Crippen LogP contribution < -0.4 is 21.6 Å². The molecule has 264 valence electrons. The van der Waals surface area contributed by atoms with Gasteiger partial charge in [0.1, 0.15) is 11.7 Å². The lowest BCUT2D eigenvalue weighted by molar-refractivity contribution is -0.138. The second kappa shape index (κ2) is 14.7. The molecule has 5 rings (SSSR count). The van der Waals surface area contributed by atoms with Crippen molar-refractivity contribution in [1.29, 1.82) is 0 Å². The van der Waals surface area contributed by atoms with Crippen LogP contribution in [0.4, 0.5) is 10.6 Å². The van der Waals surface area contributed by atoms with E-state index in [1.54, 1.807) is 12.3 Å². The van der Waals surface area contributed by atoms with Crippen LogP contribution in [0.5, 0.6) is 0 Å². The third-order valence-electron chi connectivity index (χ3n) is 9.49. The smallest absolute Gasteiger partial charge is 0.354 e. The highest BCUT2D eigenvalue weighted by molar-refractivity contribution is 7.85. The monoisotopic (exact) mass is 707 g/mol. The van der Waals surface area contributed by atoms with Crippen molar-refractivity contribution in [2.75, 3.05) is 62.9 Å². The van der Waals surface area contributed by atoms with E-state index in [9.17, 15) is 31.6 Å². The molecule has 1 aliphatic carbocycles. The number of carbonyl (C=O) groups is 2. The van der Waals surface area contributed by atoms with Gasteiger partial charge in [-0.15, -0.1) is 0 Å². The van der Waals surface area contributed by atoms with Crippen LogP contribution in [0.3, 0.4) is 0 Å². The Balaban J connectivity index is 1.07. The Morgan fingerprint density at radius 3 is 2.29 bits per heavy atom. The number of rotatable bonds is 13. The fourth-order valence-electron chi connectivity index (χ4n) is 6.63. The van der Waals surface area contributed by atoms with Gasteiger partial charge in [-0.2, -0.15) is 13.4 Å². The summed E-state index contributed by atoms with van der Waals surface area (Å²) in [5, 5.41) is 8.19. The average Bonchev–Trinajstić information content (AvgIpc) is 3.46. The van der Waals surface area contributed by atoms with E-state index in [1.807, 2.05) is 24.3 Å². The number of benzene rings is 1. The number of likely N-dealkylation sites (tertiary alicyclic amines) is 1. The van der Waals surface area contributed by atoms with Gasteiger partial charge in [0.2, 0.25) is 5.91 Å². The first-order chi connectivity index (χ1) is 22.6. The first-order valence-corrected chi connectivity index (χ1v) is 18.7. The van der Waals surface area contributed by atoms with Crippen molar-refractivity contribution >= 4 is 39.0 Å². The number of urea groups is 1. The topological polar surface area (TPSA) is 209 Å². The summed E-state index contributed by atoms with van der Waals surface area (Å²) in [7, 11) is -4.29. The van der Waals surface area contributed by atoms with Gasteiger partial charge in [-0.1, -0.05) is 12.1 Å². The van der Waals surface area contributed by atoms with Crippen LogP contribution in [-0.2, 0) is 32.4 Å². The number of fused-ring (bicyclic) bond motifs is 1. The quantitative estimate of drug-likeness (QED) is 0.156. The number of piperazine rings is 1. The van der Waals surface area contributed by atoms with Crippen molar-refractivity contribution in [3.8, 4) is 5.69 Å². The van der Waals surface area contributed by atoms with Crippen molar-refractivity contribution in [3.05, 3.63) is 52.6 Å². The molecule has 3 aliphatic rings. The molecule has 3 amide bonds. The number of carbonyl (C=O) groups excluding carboxylic acids is 2. The Labute approximate surface area is 282 Å². The van der Waals surface area contributed by atoms with Gasteiger partial charge in [0, 0.05) is 51.5 Å². The number of hydrogen-bond acceptors (Lipinski definition) is 11. The van der Waals surface area contributed by atoms with Crippen molar-refractivity contribution in [3.63, 3.8) is 0 Å². The van der Waals surface area contributed by atoms with E-state index in [4.69, 9.17) is 4.55 Å². The molecule has 2 aromatic rings. The van der Waals surface area contributed by atoms with Crippen molar-refractivity contribution < 1.29 is 31.3 Å². The van der Waals surface area contributed by atoms with E-state index in [1.165, 1.54) is 28.2 Å². The van der Waals surface area contributed by atoms with Gasteiger partial charge in [-0.3, -0.25) is 33.7 Å². The summed E-state index contributed by atoms with van der Waals surface area (Å²) in [4.78, 5) is 48.1. The van der Waals surface area contributed by atoms with E-state index in [-0.39, 0.29) is 43.8 Å². The molecule has 18 heteroatoms. The summed E-state index contributed by atoms with van der Waals surface area (Å²) in [5.41, 5.74) is 0.00234. The molecule has 48 heavy (non-hydrogen) atoms. The van der Waals surface area contributed by atoms with Crippen LogP contribution in [0, 0.1) is 17.8 Å². The molecule has 0 radical (unpaired) electrons. The summed E-state index contributed by atoms with van der Waals surface area (Å²) in [5.74, 6) is 0.793. The van der Waals surface area contributed by atoms with Gasteiger partial charge in [0.05, 0.1) is 17.1 Å². The molecule has 1 saturated carbocycles. The summed E-state index contributed by atoms with van der Waals surface area (Å²) in [6, 6.07) is 9.16. The fraction of sp³-hybridized carbons (Fsp3) is 0.600. The van der Waals surface area contributed by atoms with Crippen LogP contribution in [0.2, 0.25) is 0 Å². The number of nitrogens with one attached hydrogen (secondary N) is 3. The zero-order valence-electron chi connectivity index (χ0n) is 27.2. The fourth-order valence-corrected chi connectivity index (χ4v) is 7.46. The van der Waals surface area contributed by atoms with Crippen LogP contribution in [0.15, 0.2) is 41.3 Å². The predicted octanol–water partition coefficient (Wildman–Crippen LogP) is -0.343. The summed E-state index contributed by atoms with van der Waals surface area (Å²) >= 11 is -2.06. The first-order valence-electron chi connectivity index (χ1n) is 15.9. The van der Waals surface area contributed by atoms with E-state index in [2.05, 4.69) is 32.8 Å². The Kier molecular flexibility index (Phi) is 11.0. The Morgan fingerprint density at radius 1 is 1.08 bits per heavy atom. The third-order valence-corrected chi connectivity index (χ3v) is 10.4. The van der Waals surface area contributed by atoms with Crippen molar-refractivity contribution in [2.45, 2.75) is 38.8 Å². The second-order valence-electron chi connectivity index (χ2n) is 13.3. The van der Waals surface area contributed by atoms with Crippen LogP contribution in [0.1, 0.15) is 26.3 Å². The number of piperidine rings is 1. The van der Waals surface area contributed by atoms with Gasteiger partial charge in [0.15, 0.2) is 0 Å². The first kappa shape index (κ1) is 36.0. The number of nitrogens with zero attached hydrogens (tertiary/aromatic N) is 5. The number of amides is 3. The molecule has 3 unspecified atom stereocenters. The average molecular weight is 708 g/mol. The summed E-state index contributed by atoms with van der Waals surface area (Å²) in [6.07, 6.45) is 2.42. The molecule has 16 nitrogen and oxygen atoms in total. The second-order valence-corrected chi connectivity index (χ2v) is 15.6. The van der Waals surface area contributed by atoms with Crippen molar-refractivity contribution in [2.24, 2.45) is 17.8 Å². The molecular weight excluding hydrogens is 665 g/mol. The normalized spacial score (nSPS) is 22.6. The summed E-state index contributed by atoms with van der Waals surface area (Å²) in [6.45, 7) is 8.92. The lowest BCUT2D eigenvalue weighted by Crippen LogP contribution is -2.60. The molecule has 1 aromatic heterocycles. The SMILES string of the molecule is CC(Cc1ccc(-n2ccc(NC(=O)N3CCN(C(=O)C(C)(C)NCS(=O)(=O)O)CC3)nc2=O)cc1)N1C[C@@H]2C(CNCS(=O)[O-])[C@@H]2C1. The van der Waals surface area contributed by atoms with Crippen LogP contribution in [0.25, 0.3) is 5.69 Å². The minimum absolute atomic E-state index is 0.00512. The molecule has 4 N–H and O–H groups in total. The van der Waals surface area contributed by atoms with E-state index in [0.29, 0.717) is 29.5 Å². The number of anilines is 1. The Morgan fingerprint density at radius 2 is 1.71 bits per heavy atom. The summed E-state index contributed by atoms with van der Waals surface area (Å²) < 4.78 is 53.9. The van der Waals surface area contributed by atoms with Crippen LogP contribution in [-0.4, -0.2) is 127 Å². The standard InChI is InChI=1S/C30H44N8O8S2/c1-20(37-16-24-23(25(24)17-37)15-31-18-47(42)43)14-21-4-6-22(7-5-21)38-9-8-26(34-29(38)41)33-28(40)36-12-10-35(11-13-36)27(39)30(2,3)32-19-48(44,45)46/h4-9,20,23-25,31-32H,10-19H2,1-3H3,(H,42,43)(H,44,45,46)(H,33,34,40,41)/p-1/t20?,23?,24-,25+. The highest BCUT2D eigenvalue weighted by atomic mass is 32.2. The Hall–Kier alpha value is -3.26. The van der Waals surface area contributed by atoms with E-state index < -0.39 is 44.3 Å². The molecule has 1 aromatic carbocycles. The van der Waals surface area contributed by atoms with Crippen LogP contribution >= 0.6 is 0 Å². The largest absolute Gasteiger partial charge is 0.771 e.